The predicted octanol–water partition coefficient (Wildman–Crippen LogP) is 3.14. The molecule has 2 unspecified atom stereocenters. The van der Waals surface area contributed by atoms with Gasteiger partial charge in [0.2, 0.25) is 5.75 Å². The van der Waals surface area contributed by atoms with Crippen molar-refractivity contribution in [1.82, 2.24) is 9.88 Å². The van der Waals surface area contributed by atoms with Crippen molar-refractivity contribution in [3.63, 3.8) is 0 Å². The average Bonchev–Trinajstić information content (AvgIpc) is 2.74. The van der Waals surface area contributed by atoms with Crippen molar-refractivity contribution in [3.8, 4) is 17.2 Å². The van der Waals surface area contributed by atoms with E-state index in [0.717, 1.165) is 24.1 Å². The van der Waals surface area contributed by atoms with Gasteiger partial charge in [-0.1, -0.05) is 12.5 Å². The lowest BCUT2D eigenvalue weighted by Gasteiger charge is -2.39. The van der Waals surface area contributed by atoms with Crippen LogP contribution in [-0.4, -0.2) is 54.9 Å². The van der Waals surface area contributed by atoms with Crippen LogP contribution < -0.4 is 14.2 Å². The van der Waals surface area contributed by atoms with Crippen molar-refractivity contribution >= 4 is 5.97 Å². The molecule has 2 heterocycles. The highest BCUT2D eigenvalue weighted by molar-refractivity contribution is 5.73. The van der Waals surface area contributed by atoms with E-state index in [1.807, 2.05) is 35.2 Å². The molecule has 150 valence electrons. The van der Waals surface area contributed by atoms with E-state index in [1.165, 1.54) is 0 Å². The summed E-state index contributed by atoms with van der Waals surface area (Å²) in [4.78, 5) is 18.5. The zero-order valence-electron chi connectivity index (χ0n) is 16.4. The number of aliphatic carboxylic acids is 1. The van der Waals surface area contributed by atoms with Crippen molar-refractivity contribution in [2.24, 2.45) is 0 Å². The second-order valence-electron chi connectivity index (χ2n) is 6.70. The maximum absolute atomic E-state index is 11.9. The van der Waals surface area contributed by atoms with Gasteiger partial charge in [0.15, 0.2) is 11.5 Å². The number of methoxy groups -OCH3 is 3. The molecule has 7 nitrogen and oxygen atoms in total. The van der Waals surface area contributed by atoms with E-state index in [-0.39, 0.29) is 6.04 Å². The van der Waals surface area contributed by atoms with Gasteiger partial charge in [0.25, 0.3) is 0 Å². The highest BCUT2D eigenvalue weighted by Gasteiger charge is 2.36. The number of rotatable bonds is 7. The standard InChI is InChI=1S/C21H26N2O5/c1-26-17-12-14(13-18(27-2)20(17)28-3)19(15-8-4-6-10-22-15)23-11-7-5-9-16(23)21(24)25/h4,6,8,10,12-13,16,19H,5,7,9,11H2,1-3H3,(H,24,25). The molecule has 28 heavy (non-hydrogen) atoms. The molecule has 1 N–H and O–H groups in total. The first-order valence-corrected chi connectivity index (χ1v) is 9.30. The molecule has 1 aliphatic rings. The van der Waals surface area contributed by atoms with Crippen LogP contribution in [0.5, 0.6) is 17.2 Å². The molecular weight excluding hydrogens is 360 g/mol. The second-order valence-corrected chi connectivity index (χ2v) is 6.70. The Hall–Kier alpha value is -2.80. The quantitative estimate of drug-likeness (QED) is 0.783. The third-order valence-corrected chi connectivity index (χ3v) is 5.13. The molecule has 0 saturated carbocycles. The summed E-state index contributed by atoms with van der Waals surface area (Å²) < 4.78 is 16.4. The number of hydrogen-bond acceptors (Lipinski definition) is 6. The molecule has 0 aliphatic carbocycles. The largest absolute Gasteiger partial charge is 0.493 e. The zero-order valence-corrected chi connectivity index (χ0v) is 16.4. The number of ether oxygens (including phenoxy) is 3. The number of piperidine rings is 1. The molecule has 1 aromatic heterocycles. The summed E-state index contributed by atoms with van der Waals surface area (Å²) >= 11 is 0. The Morgan fingerprint density at radius 1 is 1.14 bits per heavy atom. The molecule has 1 fully saturated rings. The van der Waals surface area contributed by atoms with Crippen LogP contribution in [0, 0.1) is 0 Å². The lowest BCUT2D eigenvalue weighted by Crippen LogP contribution is -2.47. The number of carboxylic acid groups (broad SMARTS) is 1. The molecule has 0 spiro atoms. The highest BCUT2D eigenvalue weighted by Crippen LogP contribution is 2.43. The molecule has 0 amide bonds. The first-order valence-electron chi connectivity index (χ1n) is 9.30. The Balaban J connectivity index is 2.16. The molecule has 1 aromatic carbocycles. The monoisotopic (exact) mass is 386 g/mol. The van der Waals surface area contributed by atoms with E-state index in [2.05, 4.69) is 4.98 Å². The normalized spacial score (nSPS) is 18.3. The predicted molar refractivity (Wildman–Crippen MR) is 104 cm³/mol. The summed E-state index contributed by atoms with van der Waals surface area (Å²) in [6.07, 6.45) is 4.18. The van der Waals surface area contributed by atoms with Gasteiger partial charge in [-0.2, -0.15) is 0 Å². The van der Waals surface area contributed by atoms with Crippen molar-refractivity contribution in [1.29, 1.82) is 0 Å². The van der Waals surface area contributed by atoms with Gasteiger partial charge in [0, 0.05) is 6.20 Å². The number of carbonyl (C=O) groups is 1. The van der Waals surface area contributed by atoms with E-state index in [1.54, 1.807) is 27.5 Å². The van der Waals surface area contributed by atoms with Gasteiger partial charge in [-0.25, -0.2) is 0 Å². The number of pyridine rings is 1. The molecule has 1 saturated heterocycles. The van der Waals surface area contributed by atoms with E-state index in [9.17, 15) is 9.90 Å². The third-order valence-electron chi connectivity index (χ3n) is 5.13. The van der Waals surface area contributed by atoms with Crippen LogP contribution in [0.2, 0.25) is 0 Å². The second kappa shape index (κ2) is 8.93. The summed E-state index contributed by atoms with van der Waals surface area (Å²) in [7, 11) is 4.69. The Labute approximate surface area is 164 Å². The molecule has 0 bridgehead atoms. The topological polar surface area (TPSA) is 81.1 Å². The van der Waals surface area contributed by atoms with Crippen LogP contribution in [0.1, 0.15) is 36.6 Å². The zero-order chi connectivity index (χ0) is 20.1. The van der Waals surface area contributed by atoms with Crippen LogP contribution in [0.3, 0.4) is 0 Å². The van der Waals surface area contributed by atoms with E-state index in [0.29, 0.717) is 30.2 Å². The van der Waals surface area contributed by atoms with Crippen LogP contribution in [0.15, 0.2) is 36.5 Å². The maximum Gasteiger partial charge on any atom is 0.320 e. The SMILES string of the molecule is COc1cc(C(c2ccccn2)N2CCCCC2C(=O)O)cc(OC)c1OC. The Kier molecular flexibility index (Phi) is 6.36. The molecule has 3 rings (SSSR count). The molecule has 0 radical (unpaired) electrons. The Morgan fingerprint density at radius 3 is 2.39 bits per heavy atom. The lowest BCUT2D eigenvalue weighted by molar-refractivity contribution is -0.145. The van der Waals surface area contributed by atoms with Gasteiger partial charge >= 0.3 is 5.97 Å². The summed E-state index contributed by atoms with van der Waals surface area (Å²) in [6, 6.07) is 8.51. The van der Waals surface area contributed by atoms with Gasteiger partial charge < -0.3 is 19.3 Å². The number of nitrogens with zero attached hydrogens (tertiary/aromatic N) is 2. The number of carboxylic acids is 1. The van der Waals surface area contributed by atoms with Crippen molar-refractivity contribution in [2.45, 2.75) is 31.3 Å². The molecule has 1 aliphatic heterocycles. The maximum atomic E-state index is 11.9. The molecule has 7 heteroatoms. The fourth-order valence-corrected chi connectivity index (χ4v) is 3.86. The van der Waals surface area contributed by atoms with Crippen molar-refractivity contribution < 1.29 is 24.1 Å². The summed E-state index contributed by atoms with van der Waals surface area (Å²) in [5, 5.41) is 9.80. The Bertz CT molecular complexity index is 787. The van der Waals surface area contributed by atoms with Crippen molar-refractivity contribution in [3.05, 3.63) is 47.8 Å². The van der Waals surface area contributed by atoms with Gasteiger partial charge in [-0.3, -0.25) is 14.7 Å². The average molecular weight is 386 g/mol. The van der Waals surface area contributed by atoms with Crippen LogP contribution in [0.25, 0.3) is 0 Å². The van der Waals surface area contributed by atoms with Gasteiger partial charge in [-0.15, -0.1) is 0 Å². The summed E-state index contributed by atoms with van der Waals surface area (Å²) in [5.41, 5.74) is 1.63. The van der Waals surface area contributed by atoms with E-state index in [4.69, 9.17) is 14.2 Å². The molecule has 2 atom stereocenters. The van der Waals surface area contributed by atoms with Crippen LogP contribution in [0.4, 0.5) is 0 Å². The number of benzene rings is 1. The number of aromatic nitrogens is 1. The molecule has 2 aromatic rings. The smallest absolute Gasteiger partial charge is 0.320 e. The van der Waals surface area contributed by atoms with Gasteiger partial charge in [0.05, 0.1) is 33.1 Å². The summed E-state index contributed by atoms with van der Waals surface area (Å²) in [6.45, 7) is 0.675. The minimum Gasteiger partial charge on any atom is -0.493 e. The fraction of sp³-hybridized carbons (Fsp3) is 0.429. The molecular formula is C21H26N2O5. The number of likely N-dealkylation sites (tertiary alicyclic amines) is 1. The van der Waals surface area contributed by atoms with E-state index >= 15 is 0 Å². The first kappa shape index (κ1) is 19.9. The highest BCUT2D eigenvalue weighted by atomic mass is 16.5. The minimum atomic E-state index is -0.812. The summed E-state index contributed by atoms with van der Waals surface area (Å²) in [5.74, 6) is 0.748. The number of hydrogen-bond donors (Lipinski definition) is 1. The van der Waals surface area contributed by atoms with Gasteiger partial charge in [-0.05, 0) is 49.2 Å². The fourth-order valence-electron chi connectivity index (χ4n) is 3.86. The van der Waals surface area contributed by atoms with Crippen molar-refractivity contribution in [2.75, 3.05) is 27.9 Å². The Morgan fingerprint density at radius 2 is 1.86 bits per heavy atom. The third kappa shape index (κ3) is 3.89. The minimum absolute atomic E-state index is 0.337. The van der Waals surface area contributed by atoms with Crippen LogP contribution in [-0.2, 0) is 4.79 Å². The van der Waals surface area contributed by atoms with Gasteiger partial charge in [0.1, 0.15) is 6.04 Å². The van der Waals surface area contributed by atoms with E-state index < -0.39 is 12.0 Å². The van der Waals surface area contributed by atoms with Crippen LogP contribution >= 0.6 is 0 Å². The first-order chi connectivity index (χ1) is 13.6. The lowest BCUT2D eigenvalue weighted by atomic mass is 9.93.